The van der Waals surface area contributed by atoms with Crippen LogP contribution in [-0.2, 0) is 38.1 Å². The van der Waals surface area contributed by atoms with E-state index in [1.807, 2.05) is 0 Å². The Kier molecular flexibility index (Phi) is 4.63. The SMILES string of the molecule is C=C(C(=O)OC1C2CC3CC(C2)C(=O)OC1C3)C(=O)OC1C2CC3CC(C2)C(=O)OC1C3. The van der Waals surface area contributed by atoms with E-state index in [0.29, 0.717) is 37.5 Å². The van der Waals surface area contributed by atoms with Gasteiger partial charge >= 0.3 is 23.9 Å². The second-order valence-corrected chi connectivity index (χ2v) is 10.7. The fourth-order valence-electron chi connectivity index (χ4n) is 7.35. The highest BCUT2D eigenvalue weighted by Gasteiger charge is 2.53. The van der Waals surface area contributed by atoms with E-state index < -0.39 is 36.4 Å². The van der Waals surface area contributed by atoms with Crippen LogP contribution in [0.3, 0.4) is 0 Å². The molecular weight excluding hydrogens is 416 g/mol. The molecular formula is C24H28O8. The van der Waals surface area contributed by atoms with Crippen LogP contribution in [0, 0.1) is 35.5 Å². The van der Waals surface area contributed by atoms with Crippen LogP contribution in [0.2, 0.25) is 0 Å². The van der Waals surface area contributed by atoms with Gasteiger partial charge in [-0.05, 0) is 63.2 Å². The van der Waals surface area contributed by atoms with Crippen molar-refractivity contribution in [3.8, 4) is 0 Å². The van der Waals surface area contributed by atoms with Crippen molar-refractivity contribution >= 4 is 23.9 Å². The summed E-state index contributed by atoms with van der Waals surface area (Å²) in [5, 5.41) is 0. The molecule has 0 amide bonds. The molecule has 10 atom stereocenters. The lowest BCUT2D eigenvalue weighted by molar-refractivity contribution is -0.176. The molecule has 32 heavy (non-hydrogen) atoms. The molecule has 0 radical (unpaired) electrons. The monoisotopic (exact) mass is 444 g/mol. The average Bonchev–Trinajstić information content (AvgIpc) is 3.02. The van der Waals surface area contributed by atoms with Gasteiger partial charge in [-0.1, -0.05) is 6.58 Å². The van der Waals surface area contributed by atoms with Crippen molar-refractivity contribution in [3.63, 3.8) is 0 Å². The van der Waals surface area contributed by atoms with Crippen LogP contribution in [0.1, 0.15) is 51.4 Å². The van der Waals surface area contributed by atoms with Crippen molar-refractivity contribution in [2.75, 3.05) is 0 Å². The predicted molar refractivity (Wildman–Crippen MR) is 107 cm³/mol. The molecule has 4 aliphatic heterocycles. The van der Waals surface area contributed by atoms with Gasteiger partial charge in [-0.3, -0.25) is 9.59 Å². The minimum absolute atomic E-state index is 0.0593. The van der Waals surface area contributed by atoms with E-state index >= 15 is 0 Å². The summed E-state index contributed by atoms with van der Waals surface area (Å²) in [4.78, 5) is 50.1. The summed E-state index contributed by atoms with van der Waals surface area (Å²) in [6, 6.07) is 0. The van der Waals surface area contributed by atoms with Gasteiger partial charge in [-0.2, -0.15) is 0 Å². The third-order valence-corrected chi connectivity index (χ3v) is 8.66. The molecule has 8 nitrogen and oxygen atoms in total. The lowest BCUT2D eigenvalue weighted by atomic mass is 9.67. The van der Waals surface area contributed by atoms with Gasteiger partial charge in [0.05, 0.1) is 11.8 Å². The van der Waals surface area contributed by atoms with E-state index in [1.54, 1.807) is 0 Å². The number of carbonyl (C=O) groups is 4. The summed E-state index contributed by atoms with van der Waals surface area (Å²) >= 11 is 0. The lowest BCUT2D eigenvalue weighted by Crippen LogP contribution is -2.47. The fourth-order valence-corrected chi connectivity index (χ4v) is 7.35. The number of carbonyl (C=O) groups excluding carboxylic acids is 4. The number of ether oxygens (including phenoxy) is 4. The second-order valence-electron chi connectivity index (χ2n) is 10.7. The Morgan fingerprint density at radius 2 is 1.12 bits per heavy atom. The molecule has 8 fully saturated rings. The molecule has 0 N–H and O–H groups in total. The molecule has 0 aromatic rings. The predicted octanol–water partition coefficient (Wildman–Crippen LogP) is 2.09. The van der Waals surface area contributed by atoms with E-state index in [2.05, 4.69) is 6.58 Å². The maximum Gasteiger partial charge on any atom is 0.345 e. The zero-order chi connectivity index (χ0) is 22.1. The Labute approximate surface area is 186 Å². The molecule has 4 heterocycles. The van der Waals surface area contributed by atoms with Crippen molar-refractivity contribution < 1.29 is 38.1 Å². The zero-order valence-corrected chi connectivity index (χ0v) is 17.9. The molecule has 0 aromatic heterocycles. The lowest BCUT2D eigenvalue weighted by Gasteiger charge is -2.41. The van der Waals surface area contributed by atoms with Crippen LogP contribution in [0.15, 0.2) is 12.2 Å². The van der Waals surface area contributed by atoms with Crippen LogP contribution >= 0.6 is 0 Å². The van der Waals surface area contributed by atoms with E-state index in [4.69, 9.17) is 18.9 Å². The summed E-state index contributed by atoms with van der Waals surface area (Å²) in [7, 11) is 0. The number of rotatable bonds is 4. The molecule has 8 aliphatic rings. The second kappa shape index (κ2) is 7.32. The minimum atomic E-state index is -0.831. The maximum absolute atomic E-state index is 12.8. The van der Waals surface area contributed by atoms with Crippen molar-refractivity contribution in [1.29, 1.82) is 0 Å². The molecule has 0 spiro atoms. The Morgan fingerprint density at radius 3 is 1.56 bits per heavy atom. The topological polar surface area (TPSA) is 105 Å². The first-order valence-electron chi connectivity index (χ1n) is 11.9. The molecule has 0 aromatic carbocycles. The maximum atomic E-state index is 12.8. The number of fused-ring (bicyclic) bond motifs is 2. The van der Waals surface area contributed by atoms with Gasteiger partial charge in [-0.15, -0.1) is 0 Å². The molecule has 10 unspecified atom stereocenters. The highest BCUT2D eigenvalue weighted by molar-refractivity contribution is 6.13. The first-order chi connectivity index (χ1) is 15.4. The largest absolute Gasteiger partial charge is 0.458 e. The van der Waals surface area contributed by atoms with E-state index in [0.717, 1.165) is 25.7 Å². The van der Waals surface area contributed by atoms with Crippen LogP contribution in [-0.4, -0.2) is 48.3 Å². The minimum Gasteiger partial charge on any atom is -0.458 e. The third kappa shape index (κ3) is 3.25. The normalized spacial score (nSPS) is 45.5. The van der Waals surface area contributed by atoms with Crippen LogP contribution < -0.4 is 0 Å². The zero-order valence-electron chi connectivity index (χ0n) is 17.9. The Balaban J connectivity index is 1.12. The number of esters is 4. The molecule has 4 aliphatic carbocycles. The Bertz CT molecular complexity index is 824. The van der Waals surface area contributed by atoms with Crippen molar-refractivity contribution in [2.24, 2.45) is 35.5 Å². The average molecular weight is 444 g/mol. The van der Waals surface area contributed by atoms with Gasteiger partial charge in [0.2, 0.25) is 0 Å². The van der Waals surface area contributed by atoms with Crippen LogP contribution in [0.5, 0.6) is 0 Å². The molecule has 8 rings (SSSR count). The van der Waals surface area contributed by atoms with Crippen molar-refractivity contribution in [2.45, 2.75) is 75.8 Å². The molecule has 8 heteroatoms. The molecule has 4 saturated heterocycles. The van der Waals surface area contributed by atoms with Crippen molar-refractivity contribution in [3.05, 3.63) is 12.2 Å². The summed E-state index contributed by atoms with van der Waals surface area (Å²) in [6.07, 6.45) is 4.15. The summed E-state index contributed by atoms with van der Waals surface area (Å²) in [6.45, 7) is 3.63. The van der Waals surface area contributed by atoms with Gasteiger partial charge in [-0.25, -0.2) is 9.59 Å². The van der Waals surface area contributed by atoms with Crippen LogP contribution in [0.4, 0.5) is 0 Å². The van der Waals surface area contributed by atoms with E-state index in [-0.39, 0.29) is 41.2 Å². The van der Waals surface area contributed by atoms with Gasteiger partial charge in [0.15, 0.2) is 0 Å². The number of hydrogen-bond acceptors (Lipinski definition) is 8. The first-order valence-corrected chi connectivity index (χ1v) is 11.9. The standard InChI is InChI=1S/C24H28O8/c1-10(21(25)31-19-13-2-11-4-15(8-13)23(27)29-17(19)6-11)22(26)32-20-14-3-12-5-16(9-14)24(28)30-18(20)7-12/h11-20H,1-9H2. The third-order valence-electron chi connectivity index (χ3n) is 8.66. The summed E-state index contributed by atoms with van der Waals surface area (Å²) in [5.74, 6) is -1.35. The van der Waals surface area contributed by atoms with Gasteiger partial charge in [0.25, 0.3) is 0 Å². The van der Waals surface area contributed by atoms with Gasteiger partial charge in [0.1, 0.15) is 30.0 Å². The van der Waals surface area contributed by atoms with Crippen LogP contribution in [0.25, 0.3) is 0 Å². The quantitative estimate of drug-likeness (QED) is 0.213. The fraction of sp³-hybridized carbons (Fsp3) is 0.750. The summed E-state index contributed by atoms with van der Waals surface area (Å²) < 4.78 is 22.5. The molecule has 8 bridgehead atoms. The van der Waals surface area contributed by atoms with Crippen molar-refractivity contribution in [1.82, 2.24) is 0 Å². The molecule has 172 valence electrons. The Morgan fingerprint density at radius 1 is 0.688 bits per heavy atom. The van der Waals surface area contributed by atoms with E-state index in [1.165, 1.54) is 0 Å². The highest BCUT2D eigenvalue weighted by Crippen LogP contribution is 2.49. The summed E-state index contributed by atoms with van der Waals surface area (Å²) in [5.41, 5.74) is -0.373. The molecule has 4 saturated carbocycles. The van der Waals surface area contributed by atoms with Gasteiger partial charge in [0, 0.05) is 11.8 Å². The van der Waals surface area contributed by atoms with Gasteiger partial charge < -0.3 is 18.9 Å². The smallest absolute Gasteiger partial charge is 0.345 e. The highest BCUT2D eigenvalue weighted by atomic mass is 16.6. The number of hydrogen-bond donors (Lipinski definition) is 0. The Hall–Kier alpha value is -2.38. The van der Waals surface area contributed by atoms with E-state index in [9.17, 15) is 19.2 Å². The first kappa shape index (κ1) is 20.2.